The molecule has 1 fully saturated rings. The topological polar surface area (TPSA) is 74.9 Å². The van der Waals surface area contributed by atoms with Crippen LogP contribution in [0.15, 0.2) is 30.7 Å². The van der Waals surface area contributed by atoms with Crippen molar-refractivity contribution in [3.8, 4) is 0 Å². The lowest BCUT2D eigenvalue weighted by atomic mass is 9.93. The van der Waals surface area contributed by atoms with Crippen LogP contribution in [0.3, 0.4) is 0 Å². The fourth-order valence-electron chi connectivity index (χ4n) is 3.04. The maximum Gasteiger partial charge on any atom is 0.303 e. The van der Waals surface area contributed by atoms with E-state index in [0.717, 1.165) is 25.0 Å². The molecule has 0 aromatic carbocycles. The van der Waals surface area contributed by atoms with E-state index >= 15 is 0 Å². The molecule has 22 heavy (non-hydrogen) atoms. The van der Waals surface area contributed by atoms with Crippen molar-refractivity contribution in [2.24, 2.45) is 5.92 Å². The molecule has 0 saturated carbocycles. The Balaban J connectivity index is 1.69. The Morgan fingerprint density at radius 3 is 3.05 bits per heavy atom. The van der Waals surface area contributed by atoms with Gasteiger partial charge in [-0.1, -0.05) is 0 Å². The Kier molecular flexibility index (Phi) is 4.09. The lowest BCUT2D eigenvalue weighted by Crippen LogP contribution is -2.40. The Hall–Kier alpha value is -2.37. The van der Waals surface area contributed by atoms with E-state index < -0.39 is 5.97 Å². The van der Waals surface area contributed by atoms with Gasteiger partial charge in [-0.2, -0.15) is 0 Å². The zero-order valence-electron chi connectivity index (χ0n) is 12.3. The molecule has 6 nitrogen and oxygen atoms in total. The van der Waals surface area contributed by atoms with Crippen LogP contribution in [0.2, 0.25) is 0 Å². The van der Waals surface area contributed by atoms with Crippen LogP contribution in [0.25, 0.3) is 5.65 Å². The van der Waals surface area contributed by atoms with E-state index in [1.165, 1.54) is 0 Å². The summed E-state index contributed by atoms with van der Waals surface area (Å²) >= 11 is 0. The summed E-state index contributed by atoms with van der Waals surface area (Å²) in [6.45, 7) is 1.39. The highest BCUT2D eigenvalue weighted by molar-refractivity contribution is 5.94. The normalized spacial score (nSPS) is 18.5. The van der Waals surface area contributed by atoms with Gasteiger partial charge in [0.15, 0.2) is 0 Å². The third kappa shape index (κ3) is 3.10. The smallest absolute Gasteiger partial charge is 0.303 e. The maximum atomic E-state index is 12.6. The largest absolute Gasteiger partial charge is 0.481 e. The van der Waals surface area contributed by atoms with Gasteiger partial charge in [0.25, 0.3) is 5.91 Å². The number of hydrogen-bond donors (Lipinski definition) is 1. The molecule has 0 spiro atoms. The van der Waals surface area contributed by atoms with Gasteiger partial charge in [0, 0.05) is 38.1 Å². The van der Waals surface area contributed by atoms with Gasteiger partial charge < -0.3 is 14.4 Å². The predicted molar refractivity (Wildman–Crippen MR) is 80.7 cm³/mol. The highest BCUT2D eigenvalue weighted by Gasteiger charge is 2.25. The Morgan fingerprint density at radius 1 is 1.36 bits per heavy atom. The molecule has 1 saturated heterocycles. The van der Waals surface area contributed by atoms with Gasteiger partial charge >= 0.3 is 5.97 Å². The highest BCUT2D eigenvalue weighted by Crippen LogP contribution is 2.22. The molecule has 6 heteroatoms. The van der Waals surface area contributed by atoms with E-state index in [2.05, 4.69) is 4.98 Å². The van der Waals surface area contributed by atoms with Crippen molar-refractivity contribution in [2.75, 3.05) is 13.1 Å². The average molecular weight is 301 g/mol. The number of hydrogen-bond acceptors (Lipinski definition) is 3. The summed E-state index contributed by atoms with van der Waals surface area (Å²) < 4.78 is 1.83. The number of carbonyl (C=O) groups is 2. The summed E-state index contributed by atoms with van der Waals surface area (Å²) in [4.78, 5) is 29.3. The number of fused-ring (bicyclic) bond motifs is 1. The van der Waals surface area contributed by atoms with Crippen LogP contribution in [-0.4, -0.2) is 44.4 Å². The van der Waals surface area contributed by atoms with Crippen molar-refractivity contribution in [3.63, 3.8) is 0 Å². The first kappa shape index (κ1) is 14.6. The summed E-state index contributed by atoms with van der Waals surface area (Å²) in [7, 11) is 0. The van der Waals surface area contributed by atoms with Gasteiger partial charge in [0.1, 0.15) is 5.65 Å². The fraction of sp³-hybridized carbons (Fsp3) is 0.438. The number of rotatable bonds is 4. The lowest BCUT2D eigenvalue weighted by molar-refractivity contribution is -0.137. The molecule has 1 unspecified atom stereocenters. The number of aromatic nitrogens is 2. The van der Waals surface area contributed by atoms with E-state index in [1.54, 1.807) is 18.5 Å². The predicted octanol–water partition coefficient (Wildman–Crippen LogP) is 2.05. The fourth-order valence-corrected chi connectivity index (χ4v) is 3.04. The number of aliphatic carboxylic acids is 1. The van der Waals surface area contributed by atoms with E-state index in [1.807, 2.05) is 21.6 Å². The molecule has 1 N–H and O–H groups in total. The van der Waals surface area contributed by atoms with Crippen LogP contribution < -0.4 is 0 Å². The Bertz CT molecular complexity index is 695. The zero-order valence-corrected chi connectivity index (χ0v) is 12.3. The van der Waals surface area contributed by atoms with Gasteiger partial charge in [-0.25, -0.2) is 4.98 Å². The van der Waals surface area contributed by atoms with Gasteiger partial charge in [-0.15, -0.1) is 0 Å². The third-order valence-corrected chi connectivity index (χ3v) is 4.21. The van der Waals surface area contributed by atoms with Crippen LogP contribution in [0.5, 0.6) is 0 Å². The first-order valence-corrected chi connectivity index (χ1v) is 7.57. The number of piperidine rings is 1. The number of imidazole rings is 1. The number of nitrogens with zero attached hydrogens (tertiary/aromatic N) is 3. The molecule has 1 atom stereocenters. The number of carboxylic acids is 1. The third-order valence-electron chi connectivity index (χ3n) is 4.21. The minimum atomic E-state index is -0.769. The number of amides is 1. The van der Waals surface area contributed by atoms with Crippen molar-refractivity contribution in [1.29, 1.82) is 0 Å². The number of pyridine rings is 1. The molecule has 3 heterocycles. The molecule has 1 aliphatic rings. The average Bonchev–Trinajstić information content (AvgIpc) is 3.00. The maximum absolute atomic E-state index is 12.6. The Labute approximate surface area is 128 Å². The first-order chi connectivity index (χ1) is 10.6. The first-order valence-electron chi connectivity index (χ1n) is 7.57. The molecule has 2 aromatic rings. The van der Waals surface area contributed by atoms with E-state index in [-0.39, 0.29) is 18.2 Å². The molecule has 2 aromatic heterocycles. The van der Waals surface area contributed by atoms with Gasteiger partial charge in [0.2, 0.25) is 0 Å². The highest BCUT2D eigenvalue weighted by atomic mass is 16.4. The second kappa shape index (κ2) is 6.17. The molecule has 0 aliphatic carbocycles. The second-order valence-electron chi connectivity index (χ2n) is 5.80. The number of likely N-dealkylation sites (tertiary alicyclic amines) is 1. The quantitative estimate of drug-likeness (QED) is 0.938. The molecule has 1 amide bonds. The molecule has 116 valence electrons. The van der Waals surface area contributed by atoms with Crippen LogP contribution in [-0.2, 0) is 4.79 Å². The number of carboxylic acid groups (broad SMARTS) is 1. The van der Waals surface area contributed by atoms with Crippen molar-refractivity contribution >= 4 is 17.5 Å². The van der Waals surface area contributed by atoms with Crippen LogP contribution in [0.4, 0.5) is 0 Å². The summed E-state index contributed by atoms with van der Waals surface area (Å²) in [5.74, 6) is -0.476. The number of carbonyl (C=O) groups excluding carboxylic acids is 1. The summed E-state index contributed by atoms with van der Waals surface area (Å²) in [6, 6.07) is 3.63. The molecule has 3 rings (SSSR count). The van der Waals surface area contributed by atoms with Gasteiger partial charge in [0.05, 0.1) is 5.56 Å². The standard InChI is InChI=1S/C16H19N3O3/c20-15(21)6-3-12-2-1-8-19(10-12)16(22)13-4-5-14-17-7-9-18(14)11-13/h4-5,7,9,11-12H,1-3,6,8,10H2,(H,20,21). The Morgan fingerprint density at radius 2 is 2.23 bits per heavy atom. The summed E-state index contributed by atoms with van der Waals surface area (Å²) in [5, 5.41) is 8.79. The van der Waals surface area contributed by atoms with Crippen LogP contribution >= 0.6 is 0 Å². The molecular formula is C16H19N3O3. The van der Waals surface area contributed by atoms with E-state index in [9.17, 15) is 9.59 Å². The van der Waals surface area contributed by atoms with Gasteiger partial charge in [-0.05, 0) is 37.3 Å². The SMILES string of the molecule is O=C(O)CCC1CCCN(C(=O)c2ccc3nccn3c2)C1. The molecule has 1 aliphatic heterocycles. The van der Waals surface area contributed by atoms with Crippen LogP contribution in [0.1, 0.15) is 36.0 Å². The summed E-state index contributed by atoms with van der Waals surface area (Å²) in [6.07, 6.45) is 8.06. The minimum Gasteiger partial charge on any atom is -0.481 e. The van der Waals surface area contributed by atoms with Crippen molar-refractivity contribution in [1.82, 2.24) is 14.3 Å². The van der Waals surface area contributed by atoms with Crippen molar-refractivity contribution in [2.45, 2.75) is 25.7 Å². The van der Waals surface area contributed by atoms with Crippen LogP contribution in [0, 0.1) is 5.92 Å². The lowest BCUT2D eigenvalue weighted by Gasteiger charge is -2.32. The molecular weight excluding hydrogens is 282 g/mol. The second-order valence-corrected chi connectivity index (χ2v) is 5.80. The summed E-state index contributed by atoms with van der Waals surface area (Å²) in [5.41, 5.74) is 1.46. The van der Waals surface area contributed by atoms with Crippen molar-refractivity contribution in [3.05, 3.63) is 36.3 Å². The minimum absolute atomic E-state index is 0.00984. The molecule has 0 radical (unpaired) electrons. The van der Waals surface area contributed by atoms with E-state index in [4.69, 9.17) is 5.11 Å². The van der Waals surface area contributed by atoms with Gasteiger partial charge in [-0.3, -0.25) is 9.59 Å². The van der Waals surface area contributed by atoms with E-state index in [0.29, 0.717) is 18.5 Å². The van der Waals surface area contributed by atoms with Crippen molar-refractivity contribution < 1.29 is 14.7 Å². The monoisotopic (exact) mass is 301 g/mol. The molecule has 0 bridgehead atoms. The zero-order chi connectivity index (χ0) is 15.5.